The van der Waals surface area contributed by atoms with E-state index in [1.165, 1.54) is 6.42 Å². The van der Waals surface area contributed by atoms with Gasteiger partial charge in [0.25, 0.3) is 0 Å². The van der Waals surface area contributed by atoms with Gasteiger partial charge in [-0.3, -0.25) is 14.5 Å². The minimum atomic E-state index is 0.0338. The van der Waals surface area contributed by atoms with Crippen molar-refractivity contribution in [3.8, 4) is 0 Å². The highest BCUT2D eigenvalue weighted by molar-refractivity contribution is 5.86. The van der Waals surface area contributed by atoms with Crippen LogP contribution in [-0.2, 0) is 14.3 Å². The molecule has 0 saturated carbocycles. The van der Waals surface area contributed by atoms with Gasteiger partial charge in [-0.05, 0) is 18.8 Å². The number of likely N-dealkylation sites (tertiary alicyclic amines) is 1. The molecule has 130 valence electrons. The Morgan fingerprint density at radius 3 is 2.83 bits per heavy atom. The molecule has 3 saturated heterocycles. The van der Waals surface area contributed by atoms with Gasteiger partial charge in [-0.15, -0.1) is 0 Å². The van der Waals surface area contributed by atoms with E-state index in [9.17, 15) is 9.59 Å². The fraction of sp³-hybridized carbons (Fsp3) is 0.875. The van der Waals surface area contributed by atoms with E-state index in [1.54, 1.807) is 4.90 Å². The van der Waals surface area contributed by atoms with Crippen molar-refractivity contribution in [2.24, 2.45) is 5.92 Å². The fourth-order valence-electron chi connectivity index (χ4n) is 3.67. The third-order valence-corrected chi connectivity index (χ3v) is 5.01. The highest BCUT2D eigenvalue weighted by Crippen LogP contribution is 2.18. The number of nitrogens with one attached hydrogen (secondary N) is 1. The lowest BCUT2D eigenvalue weighted by atomic mass is 9.97. The lowest BCUT2D eigenvalue weighted by Gasteiger charge is -2.38. The largest absolute Gasteiger partial charge is 0.379 e. The maximum absolute atomic E-state index is 12.5. The van der Waals surface area contributed by atoms with Crippen LogP contribution < -0.4 is 5.32 Å². The van der Waals surface area contributed by atoms with Crippen molar-refractivity contribution in [3.63, 3.8) is 0 Å². The first-order valence-corrected chi connectivity index (χ1v) is 8.79. The minimum absolute atomic E-state index is 0.0338. The third kappa shape index (κ3) is 4.65. The second-order valence-corrected chi connectivity index (χ2v) is 6.75. The van der Waals surface area contributed by atoms with Gasteiger partial charge in [-0.25, -0.2) is 0 Å². The Bertz CT molecular complexity index is 426. The van der Waals surface area contributed by atoms with Gasteiger partial charge in [0, 0.05) is 45.8 Å². The molecule has 0 spiro atoms. The number of nitrogens with zero attached hydrogens (tertiary/aromatic N) is 3. The molecule has 23 heavy (non-hydrogen) atoms. The summed E-state index contributed by atoms with van der Waals surface area (Å²) in [5, 5.41) is 3.04. The molecule has 0 unspecified atom stereocenters. The molecular weight excluding hydrogens is 296 g/mol. The summed E-state index contributed by atoms with van der Waals surface area (Å²) in [6.07, 6.45) is 2.25. The number of carbonyl (C=O) groups is 2. The number of carbonyl (C=O) groups excluding carboxylic acids is 2. The van der Waals surface area contributed by atoms with Crippen LogP contribution >= 0.6 is 0 Å². The van der Waals surface area contributed by atoms with Crippen molar-refractivity contribution in [1.29, 1.82) is 0 Å². The lowest BCUT2D eigenvalue weighted by Crippen LogP contribution is -2.53. The Kier molecular flexibility index (Phi) is 5.85. The molecule has 3 fully saturated rings. The zero-order chi connectivity index (χ0) is 16.1. The van der Waals surface area contributed by atoms with Crippen LogP contribution in [0.2, 0.25) is 0 Å². The van der Waals surface area contributed by atoms with Crippen molar-refractivity contribution in [2.45, 2.75) is 12.8 Å². The summed E-state index contributed by atoms with van der Waals surface area (Å²) in [7, 11) is 0. The Labute approximate surface area is 137 Å². The molecular formula is C16H28N4O3. The molecule has 3 heterocycles. The predicted octanol–water partition coefficient (Wildman–Crippen LogP) is -1.01. The van der Waals surface area contributed by atoms with Gasteiger partial charge in [0.15, 0.2) is 0 Å². The van der Waals surface area contributed by atoms with Crippen LogP contribution in [0.5, 0.6) is 0 Å². The average Bonchev–Trinajstić information content (AvgIpc) is 2.58. The second kappa shape index (κ2) is 8.08. The number of piperazine rings is 1. The Morgan fingerprint density at radius 1 is 1.22 bits per heavy atom. The van der Waals surface area contributed by atoms with E-state index >= 15 is 0 Å². The highest BCUT2D eigenvalue weighted by Gasteiger charge is 2.28. The molecule has 2 amide bonds. The number of ether oxygens (including phenoxy) is 1. The molecule has 0 radical (unpaired) electrons. The van der Waals surface area contributed by atoms with Crippen LogP contribution in [0.3, 0.4) is 0 Å². The van der Waals surface area contributed by atoms with E-state index in [4.69, 9.17) is 4.74 Å². The Hall–Kier alpha value is -1.18. The molecule has 0 aromatic heterocycles. The summed E-state index contributed by atoms with van der Waals surface area (Å²) >= 11 is 0. The van der Waals surface area contributed by atoms with Gasteiger partial charge >= 0.3 is 0 Å². The molecule has 1 atom stereocenters. The van der Waals surface area contributed by atoms with Crippen molar-refractivity contribution in [2.75, 3.05) is 72.1 Å². The van der Waals surface area contributed by atoms with Crippen LogP contribution in [0.4, 0.5) is 0 Å². The predicted molar refractivity (Wildman–Crippen MR) is 86.0 cm³/mol. The summed E-state index contributed by atoms with van der Waals surface area (Å²) < 4.78 is 5.39. The third-order valence-electron chi connectivity index (χ3n) is 5.01. The zero-order valence-corrected chi connectivity index (χ0v) is 13.8. The molecule has 7 nitrogen and oxygen atoms in total. The molecule has 0 aliphatic carbocycles. The van der Waals surface area contributed by atoms with Gasteiger partial charge in [0.2, 0.25) is 11.8 Å². The first-order valence-electron chi connectivity index (χ1n) is 8.79. The molecule has 3 aliphatic heterocycles. The van der Waals surface area contributed by atoms with E-state index < -0.39 is 0 Å². The minimum Gasteiger partial charge on any atom is -0.379 e. The molecule has 3 rings (SSSR count). The number of piperidine rings is 1. The summed E-state index contributed by atoms with van der Waals surface area (Å²) in [4.78, 5) is 30.4. The molecule has 0 aromatic rings. The van der Waals surface area contributed by atoms with Crippen LogP contribution in [0.1, 0.15) is 12.8 Å². The normalized spacial score (nSPS) is 27.3. The van der Waals surface area contributed by atoms with Gasteiger partial charge in [0.1, 0.15) is 0 Å². The summed E-state index contributed by atoms with van der Waals surface area (Å²) in [6.45, 7) is 8.36. The van der Waals surface area contributed by atoms with E-state index in [-0.39, 0.29) is 18.4 Å². The van der Waals surface area contributed by atoms with E-state index in [0.717, 1.165) is 58.9 Å². The summed E-state index contributed by atoms with van der Waals surface area (Å²) in [5.74, 6) is 0.683. The maximum atomic E-state index is 12.5. The van der Waals surface area contributed by atoms with Crippen LogP contribution in [0.25, 0.3) is 0 Å². The van der Waals surface area contributed by atoms with Gasteiger partial charge in [-0.2, -0.15) is 0 Å². The highest BCUT2D eigenvalue weighted by atomic mass is 16.5. The molecule has 3 aliphatic rings. The molecule has 0 aromatic carbocycles. The van der Waals surface area contributed by atoms with Gasteiger partial charge in [-0.1, -0.05) is 0 Å². The van der Waals surface area contributed by atoms with E-state index in [2.05, 4.69) is 10.2 Å². The molecule has 7 heteroatoms. The molecule has 0 bridgehead atoms. The van der Waals surface area contributed by atoms with Crippen molar-refractivity contribution < 1.29 is 14.3 Å². The van der Waals surface area contributed by atoms with E-state index in [1.807, 2.05) is 4.90 Å². The standard InChI is InChI=1S/C16H28N4O3/c21-15-10-17-3-5-20(15)13-16(22)19-4-1-2-14(12-19)11-18-6-8-23-9-7-18/h14,17H,1-13H2/t14-/m0/s1. The SMILES string of the molecule is O=C1CNCCN1CC(=O)N1CCC[C@@H](CN2CCOCC2)C1. The van der Waals surface area contributed by atoms with Crippen molar-refractivity contribution in [3.05, 3.63) is 0 Å². The quantitative estimate of drug-likeness (QED) is 0.718. The molecule has 1 N–H and O–H groups in total. The first-order chi connectivity index (χ1) is 11.2. The first kappa shape index (κ1) is 16.7. The van der Waals surface area contributed by atoms with Crippen molar-refractivity contribution in [1.82, 2.24) is 20.0 Å². The monoisotopic (exact) mass is 324 g/mol. The Balaban J connectivity index is 1.47. The number of amides is 2. The van der Waals surface area contributed by atoms with Crippen LogP contribution in [0, 0.1) is 5.92 Å². The van der Waals surface area contributed by atoms with E-state index in [0.29, 0.717) is 19.0 Å². The second-order valence-electron chi connectivity index (χ2n) is 6.75. The Morgan fingerprint density at radius 2 is 2.04 bits per heavy atom. The average molecular weight is 324 g/mol. The number of rotatable bonds is 4. The smallest absolute Gasteiger partial charge is 0.242 e. The number of hydrogen-bond acceptors (Lipinski definition) is 5. The summed E-state index contributed by atoms with van der Waals surface area (Å²) in [6, 6.07) is 0. The summed E-state index contributed by atoms with van der Waals surface area (Å²) in [5.41, 5.74) is 0. The maximum Gasteiger partial charge on any atom is 0.242 e. The topological polar surface area (TPSA) is 65.1 Å². The fourth-order valence-corrected chi connectivity index (χ4v) is 3.67. The van der Waals surface area contributed by atoms with Crippen LogP contribution in [-0.4, -0.2) is 98.6 Å². The van der Waals surface area contributed by atoms with Gasteiger partial charge in [0.05, 0.1) is 26.3 Å². The number of morpholine rings is 1. The van der Waals surface area contributed by atoms with Crippen molar-refractivity contribution >= 4 is 11.8 Å². The zero-order valence-electron chi connectivity index (χ0n) is 13.8. The van der Waals surface area contributed by atoms with Crippen LogP contribution in [0.15, 0.2) is 0 Å². The number of hydrogen-bond donors (Lipinski definition) is 1. The lowest BCUT2D eigenvalue weighted by molar-refractivity contribution is -0.142. The van der Waals surface area contributed by atoms with Gasteiger partial charge < -0.3 is 19.9 Å².